The molecule has 6 heteroatoms. The van der Waals surface area contributed by atoms with Crippen LogP contribution in [0.3, 0.4) is 0 Å². The molecular weight excluding hydrogens is 354 g/mol. The third-order valence-corrected chi connectivity index (χ3v) is 4.38. The summed E-state index contributed by atoms with van der Waals surface area (Å²) in [6, 6.07) is 14.8. The zero-order valence-corrected chi connectivity index (χ0v) is 16.1. The van der Waals surface area contributed by atoms with Gasteiger partial charge in [-0.2, -0.15) is 0 Å². The quantitative estimate of drug-likeness (QED) is 0.707. The molecule has 0 radical (unpaired) electrons. The lowest BCUT2D eigenvalue weighted by Gasteiger charge is -2.27. The van der Waals surface area contributed by atoms with Gasteiger partial charge in [0.1, 0.15) is 5.75 Å². The maximum Gasteiger partial charge on any atom is 0.173 e. The third-order valence-electron chi connectivity index (χ3n) is 3.77. The Morgan fingerprint density at radius 1 is 1.08 bits per heavy atom. The number of thiocarbonyl (C=S) groups is 1. The number of aromatic hydroxyl groups is 1. The van der Waals surface area contributed by atoms with Crippen LogP contribution in [0.2, 0.25) is 5.02 Å². The highest BCUT2D eigenvalue weighted by atomic mass is 35.5. The maximum absolute atomic E-state index is 10.1. The average Bonchev–Trinajstić information content (AvgIpc) is 2.57. The van der Waals surface area contributed by atoms with Crippen LogP contribution in [0.4, 0.5) is 5.69 Å². The van der Waals surface area contributed by atoms with Crippen LogP contribution in [-0.2, 0) is 6.54 Å². The molecule has 134 valence electrons. The van der Waals surface area contributed by atoms with Crippen LogP contribution in [0.25, 0.3) is 0 Å². The fraction of sp³-hybridized carbons (Fsp3) is 0.316. The van der Waals surface area contributed by atoms with E-state index in [-0.39, 0.29) is 5.75 Å². The Morgan fingerprint density at radius 3 is 2.40 bits per heavy atom. The molecule has 2 aromatic carbocycles. The highest BCUT2D eigenvalue weighted by Gasteiger charge is 2.13. The number of hydrogen-bond donors (Lipinski definition) is 2. The molecule has 2 rings (SSSR count). The van der Waals surface area contributed by atoms with Gasteiger partial charge in [0, 0.05) is 29.4 Å². The highest BCUT2D eigenvalue weighted by Crippen LogP contribution is 2.19. The van der Waals surface area contributed by atoms with Crippen LogP contribution in [-0.4, -0.2) is 47.2 Å². The number of para-hydroxylation sites is 1. The lowest BCUT2D eigenvalue weighted by Crippen LogP contribution is -2.36. The van der Waals surface area contributed by atoms with E-state index in [0.29, 0.717) is 16.7 Å². The summed E-state index contributed by atoms with van der Waals surface area (Å²) >= 11 is 11.5. The van der Waals surface area contributed by atoms with Crippen LogP contribution < -0.4 is 5.32 Å². The molecule has 0 spiro atoms. The van der Waals surface area contributed by atoms with E-state index in [1.54, 1.807) is 6.07 Å². The summed E-state index contributed by atoms with van der Waals surface area (Å²) in [6.07, 6.45) is 0.975. The number of hydrogen-bond acceptors (Lipinski definition) is 3. The normalized spacial score (nSPS) is 10.7. The van der Waals surface area contributed by atoms with E-state index in [1.165, 1.54) is 0 Å². The second kappa shape index (κ2) is 9.61. The Bertz CT molecular complexity index is 691. The Hall–Kier alpha value is -1.82. The molecule has 0 aliphatic carbocycles. The Balaban J connectivity index is 2.07. The van der Waals surface area contributed by atoms with Crippen molar-refractivity contribution in [1.29, 1.82) is 0 Å². The number of benzene rings is 2. The SMILES string of the molecule is CN(C)CCCN(Cc1ccccc1O)C(=S)Nc1ccc(Cl)cc1. The van der Waals surface area contributed by atoms with Crippen LogP contribution in [0.15, 0.2) is 48.5 Å². The lowest BCUT2D eigenvalue weighted by atomic mass is 10.2. The molecule has 0 saturated carbocycles. The molecule has 25 heavy (non-hydrogen) atoms. The van der Waals surface area contributed by atoms with E-state index in [0.717, 1.165) is 30.8 Å². The fourth-order valence-electron chi connectivity index (χ4n) is 2.42. The van der Waals surface area contributed by atoms with Gasteiger partial charge in [-0.05, 0) is 69.6 Å². The number of anilines is 1. The van der Waals surface area contributed by atoms with E-state index in [2.05, 4.69) is 29.2 Å². The van der Waals surface area contributed by atoms with Crippen LogP contribution in [0.5, 0.6) is 5.75 Å². The van der Waals surface area contributed by atoms with Crippen molar-refractivity contribution in [2.45, 2.75) is 13.0 Å². The van der Waals surface area contributed by atoms with Gasteiger partial charge in [0.2, 0.25) is 0 Å². The smallest absolute Gasteiger partial charge is 0.173 e. The molecule has 2 N–H and O–H groups in total. The van der Waals surface area contributed by atoms with Gasteiger partial charge in [0.15, 0.2) is 5.11 Å². The average molecular weight is 378 g/mol. The van der Waals surface area contributed by atoms with E-state index in [9.17, 15) is 5.11 Å². The maximum atomic E-state index is 10.1. The second-order valence-corrected chi connectivity index (χ2v) is 6.97. The molecule has 0 aliphatic rings. The van der Waals surface area contributed by atoms with E-state index in [1.807, 2.05) is 42.5 Å². The van der Waals surface area contributed by atoms with Gasteiger partial charge in [0.05, 0.1) is 0 Å². The minimum Gasteiger partial charge on any atom is -0.508 e. The number of phenolic OH excluding ortho intramolecular Hbond substituents is 1. The van der Waals surface area contributed by atoms with E-state index in [4.69, 9.17) is 23.8 Å². The van der Waals surface area contributed by atoms with Crippen molar-refractivity contribution in [2.75, 3.05) is 32.5 Å². The van der Waals surface area contributed by atoms with Crippen LogP contribution in [0, 0.1) is 0 Å². The van der Waals surface area contributed by atoms with Gasteiger partial charge < -0.3 is 20.2 Å². The molecular formula is C19H24ClN3OS. The zero-order chi connectivity index (χ0) is 18.2. The third kappa shape index (κ3) is 6.53. The molecule has 0 aromatic heterocycles. The fourth-order valence-corrected chi connectivity index (χ4v) is 2.82. The first kappa shape index (κ1) is 19.5. The van der Waals surface area contributed by atoms with E-state index < -0.39 is 0 Å². The van der Waals surface area contributed by atoms with Gasteiger partial charge in [-0.1, -0.05) is 29.8 Å². The number of halogens is 1. The Kier molecular flexibility index (Phi) is 7.50. The number of rotatable bonds is 7. The molecule has 0 fully saturated rings. The van der Waals surface area contributed by atoms with Crippen molar-refractivity contribution < 1.29 is 5.11 Å². The standard InChI is InChI=1S/C19H24ClN3OS/c1-22(2)12-5-13-23(14-15-6-3-4-7-18(15)24)19(25)21-17-10-8-16(20)9-11-17/h3-4,6-11,24H,5,12-14H2,1-2H3,(H,21,25). The molecule has 0 atom stereocenters. The molecule has 2 aromatic rings. The van der Waals surface area contributed by atoms with Crippen molar-refractivity contribution in [3.05, 3.63) is 59.1 Å². The van der Waals surface area contributed by atoms with Crippen LogP contribution >= 0.6 is 23.8 Å². The van der Waals surface area contributed by atoms with Crippen molar-refractivity contribution in [3.8, 4) is 5.75 Å². The molecule has 0 heterocycles. The van der Waals surface area contributed by atoms with Gasteiger partial charge >= 0.3 is 0 Å². The summed E-state index contributed by atoms with van der Waals surface area (Å²) in [5, 5.41) is 14.6. The monoisotopic (exact) mass is 377 g/mol. The second-order valence-electron chi connectivity index (χ2n) is 6.14. The van der Waals surface area contributed by atoms with Gasteiger partial charge in [-0.15, -0.1) is 0 Å². The lowest BCUT2D eigenvalue weighted by molar-refractivity contribution is 0.342. The van der Waals surface area contributed by atoms with Gasteiger partial charge in [0.25, 0.3) is 0 Å². The first-order chi connectivity index (χ1) is 12.0. The number of nitrogens with zero attached hydrogens (tertiary/aromatic N) is 2. The Labute approximate surface area is 160 Å². The minimum atomic E-state index is 0.286. The summed E-state index contributed by atoms with van der Waals surface area (Å²) in [5.41, 5.74) is 1.75. The summed E-state index contributed by atoms with van der Waals surface area (Å²) < 4.78 is 0. The van der Waals surface area contributed by atoms with Crippen molar-refractivity contribution in [3.63, 3.8) is 0 Å². The summed E-state index contributed by atoms with van der Waals surface area (Å²) in [4.78, 5) is 4.22. The molecule has 0 saturated heterocycles. The highest BCUT2D eigenvalue weighted by molar-refractivity contribution is 7.80. The molecule has 0 aliphatic heterocycles. The molecule has 0 amide bonds. The predicted octanol–water partition coefficient (Wildman–Crippen LogP) is 4.20. The minimum absolute atomic E-state index is 0.286. The summed E-state index contributed by atoms with van der Waals surface area (Å²) in [6.45, 7) is 2.33. The zero-order valence-electron chi connectivity index (χ0n) is 14.6. The van der Waals surface area contributed by atoms with Crippen molar-refractivity contribution in [2.24, 2.45) is 0 Å². The van der Waals surface area contributed by atoms with Crippen molar-refractivity contribution >= 4 is 34.6 Å². The summed E-state index contributed by atoms with van der Waals surface area (Å²) in [5.74, 6) is 0.286. The molecule has 0 bridgehead atoms. The predicted molar refractivity (Wildman–Crippen MR) is 109 cm³/mol. The molecule has 4 nitrogen and oxygen atoms in total. The number of phenols is 1. The van der Waals surface area contributed by atoms with Gasteiger partial charge in [-0.25, -0.2) is 0 Å². The van der Waals surface area contributed by atoms with Crippen LogP contribution in [0.1, 0.15) is 12.0 Å². The Morgan fingerprint density at radius 2 is 1.76 bits per heavy atom. The number of nitrogens with one attached hydrogen (secondary N) is 1. The summed E-state index contributed by atoms with van der Waals surface area (Å²) in [7, 11) is 4.11. The first-order valence-electron chi connectivity index (χ1n) is 8.19. The van der Waals surface area contributed by atoms with Gasteiger partial charge in [-0.3, -0.25) is 0 Å². The largest absolute Gasteiger partial charge is 0.508 e. The van der Waals surface area contributed by atoms with Crippen molar-refractivity contribution in [1.82, 2.24) is 9.80 Å². The first-order valence-corrected chi connectivity index (χ1v) is 8.97. The topological polar surface area (TPSA) is 38.7 Å². The van der Waals surface area contributed by atoms with E-state index >= 15 is 0 Å². The molecule has 0 unspecified atom stereocenters.